The third-order valence-corrected chi connectivity index (χ3v) is 5.87. The van der Waals surface area contributed by atoms with Gasteiger partial charge in [-0.3, -0.25) is 14.9 Å². The van der Waals surface area contributed by atoms with Gasteiger partial charge in [0.15, 0.2) is 0 Å². The van der Waals surface area contributed by atoms with E-state index >= 15 is 0 Å². The molecule has 6 heteroatoms. The van der Waals surface area contributed by atoms with Crippen LogP contribution in [0.4, 0.5) is 0 Å². The van der Waals surface area contributed by atoms with Crippen LogP contribution in [0.3, 0.4) is 0 Å². The number of hydrogen-bond acceptors (Lipinski definition) is 3. The van der Waals surface area contributed by atoms with E-state index in [2.05, 4.69) is 16.5 Å². The SMILES string of the molecule is C=CCCn1c2ccc(O)cc2c2c3c(c(-c4ccccc4Cl)cc21)C(=O)NC3=O. The lowest BCUT2D eigenvalue weighted by atomic mass is 9.93. The van der Waals surface area contributed by atoms with E-state index in [1.165, 1.54) is 0 Å². The van der Waals surface area contributed by atoms with Crippen molar-refractivity contribution in [2.24, 2.45) is 0 Å². The second kappa shape index (κ2) is 6.75. The summed E-state index contributed by atoms with van der Waals surface area (Å²) in [4.78, 5) is 25.6. The molecule has 3 aromatic carbocycles. The number of imide groups is 1. The minimum Gasteiger partial charge on any atom is -0.508 e. The molecule has 1 aromatic heterocycles. The summed E-state index contributed by atoms with van der Waals surface area (Å²) in [5.74, 6) is -0.794. The van der Waals surface area contributed by atoms with Crippen molar-refractivity contribution in [3.63, 3.8) is 0 Å². The van der Waals surface area contributed by atoms with Crippen LogP contribution in [0, 0.1) is 0 Å². The van der Waals surface area contributed by atoms with E-state index in [9.17, 15) is 14.7 Å². The normalized spacial score (nSPS) is 13.1. The first-order valence-corrected chi connectivity index (χ1v) is 9.92. The number of halogens is 1. The Balaban J connectivity index is 2.00. The molecule has 30 heavy (non-hydrogen) atoms. The van der Waals surface area contributed by atoms with Gasteiger partial charge in [0.1, 0.15) is 5.75 Å². The number of amides is 2. The number of benzene rings is 3. The number of aryl methyl sites for hydroxylation is 1. The molecule has 0 fully saturated rings. The predicted molar refractivity (Wildman–Crippen MR) is 118 cm³/mol. The minimum atomic E-state index is -0.445. The molecule has 2 N–H and O–H groups in total. The van der Waals surface area contributed by atoms with Crippen LogP contribution in [0.15, 0.2) is 61.2 Å². The fraction of sp³-hybridized carbons (Fsp3) is 0.0833. The topological polar surface area (TPSA) is 71.3 Å². The summed E-state index contributed by atoms with van der Waals surface area (Å²) in [5.41, 5.74) is 3.60. The number of nitrogens with zero attached hydrogens (tertiary/aromatic N) is 1. The first-order valence-electron chi connectivity index (χ1n) is 9.54. The van der Waals surface area contributed by atoms with E-state index in [1.54, 1.807) is 18.2 Å². The van der Waals surface area contributed by atoms with Gasteiger partial charge in [-0.1, -0.05) is 35.9 Å². The van der Waals surface area contributed by atoms with Gasteiger partial charge in [-0.05, 0) is 42.3 Å². The third kappa shape index (κ3) is 2.56. The van der Waals surface area contributed by atoms with Crippen LogP contribution in [0.2, 0.25) is 5.02 Å². The number of rotatable bonds is 4. The first-order chi connectivity index (χ1) is 14.5. The molecule has 0 spiro atoms. The van der Waals surface area contributed by atoms with Crippen LogP contribution in [0.1, 0.15) is 27.1 Å². The number of aromatic nitrogens is 1. The van der Waals surface area contributed by atoms with Crippen molar-refractivity contribution in [2.75, 3.05) is 0 Å². The summed E-state index contributed by atoms with van der Waals surface area (Å²) < 4.78 is 2.09. The monoisotopic (exact) mass is 416 g/mol. The highest BCUT2D eigenvalue weighted by molar-refractivity contribution is 6.36. The Bertz CT molecular complexity index is 1400. The molecule has 0 radical (unpaired) electrons. The number of phenolic OH excluding ortho intramolecular Hbond substituents is 1. The smallest absolute Gasteiger partial charge is 0.259 e. The summed E-state index contributed by atoms with van der Waals surface area (Å²) in [6.07, 6.45) is 2.56. The number of allylic oxidation sites excluding steroid dienone is 1. The van der Waals surface area contributed by atoms with Gasteiger partial charge in [0, 0.05) is 33.4 Å². The Labute approximate surface area is 177 Å². The van der Waals surface area contributed by atoms with E-state index in [-0.39, 0.29) is 5.75 Å². The maximum Gasteiger partial charge on any atom is 0.259 e. The maximum absolute atomic E-state index is 12.9. The van der Waals surface area contributed by atoms with Crippen molar-refractivity contribution < 1.29 is 14.7 Å². The van der Waals surface area contributed by atoms with Crippen LogP contribution in [-0.2, 0) is 6.54 Å². The highest BCUT2D eigenvalue weighted by Gasteiger charge is 2.34. The molecule has 2 amide bonds. The molecule has 1 aliphatic heterocycles. The number of carbonyl (C=O) groups is 2. The van der Waals surface area contributed by atoms with Crippen LogP contribution in [-0.4, -0.2) is 21.5 Å². The molecular weight excluding hydrogens is 400 g/mol. The molecule has 0 unspecified atom stereocenters. The van der Waals surface area contributed by atoms with Crippen LogP contribution in [0.25, 0.3) is 32.9 Å². The molecule has 0 bridgehead atoms. The summed E-state index contributed by atoms with van der Waals surface area (Å²) >= 11 is 6.45. The van der Waals surface area contributed by atoms with Gasteiger partial charge >= 0.3 is 0 Å². The fourth-order valence-electron chi connectivity index (χ4n) is 4.29. The highest BCUT2D eigenvalue weighted by Crippen LogP contribution is 2.42. The number of hydrogen-bond donors (Lipinski definition) is 2. The zero-order chi connectivity index (χ0) is 21.0. The van der Waals surface area contributed by atoms with E-state index in [1.807, 2.05) is 36.4 Å². The Kier molecular flexibility index (Phi) is 4.15. The Hall–Kier alpha value is -3.57. The average Bonchev–Trinajstić information content (AvgIpc) is 3.19. The van der Waals surface area contributed by atoms with E-state index < -0.39 is 11.8 Å². The van der Waals surface area contributed by atoms with Crippen molar-refractivity contribution in [3.05, 3.63) is 77.3 Å². The largest absolute Gasteiger partial charge is 0.508 e. The van der Waals surface area contributed by atoms with Crippen molar-refractivity contribution >= 4 is 45.2 Å². The van der Waals surface area contributed by atoms with Crippen LogP contribution < -0.4 is 5.32 Å². The lowest BCUT2D eigenvalue weighted by Gasteiger charge is -2.12. The van der Waals surface area contributed by atoms with E-state index in [0.29, 0.717) is 39.2 Å². The van der Waals surface area contributed by atoms with Crippen molar-refractivity contribution in [1.82, 2.24) is 9.88 Å². The molecule has 148 valence electrons. The van der Waals surface area contributed by atoms with Gasteiger partial charge in [0.2, 0.25) is 0 Å². The van der Waals surface area contributed by atoms with Gasteiger partial charge in [-0.15, -0.1) is 6.58 Å². The lowest BCUT2D eigenvalue weighted by molar-refractivity contribution is 0.0880. The van der Waals surface area contributed by atoms with Crippen molar-refractivity contribution in [2.45, 2.75) is 13.0 Å². The summed E-state index contributed by atoms with van der Waals surface area (Å²) in [6, 6.07) is 14.2. The van der Waals surface area contributed by atoms with Gasteiger partial charge in [-0.2, -0.15) is 0 Å². The Morgan fingerprint density at radius 2 is 1.77 bits per heavy atom. The molecule has 1 aliphatic rings. The summed E-state index contributed by atoms with van der Waals surface area (Å²) in [5, 5.41) is 14.4. The Morgan fingerprint density at radius 1 is 1.00 bits per heavy atom. The third-order valence-electron chi connectivity index (χ3n) is 5.54. The zero-order valence-corrected chi connectivity index (χ0v) is 16.7. The molecule has 0 aliphatic carbocycles. The number of nitrogens with one attached hydrogen (secondary N) is 1. The molecule has 0 saturated carbocycles. The van der Waals surface area contributed by atoms with Crippen LogP contribution in [0.5, 0.6) is 5.75 Å². The standard InChI is InChI=1S/C24H17ClN2O3/c1-2-3-10-27-18-9-8-13(28)11-16(18)20-19(27)12-15(14-6-4-5-7-17(14)25)21-22(20)24(30)26-23(21)29/h2,4-9,11-12,28H,1,3,10H2,(H,26,29,30). The molecule has 5 nitrogen and oxygen atoms in total. The number of fused-ring (bicyclic) bond motifs is 5. The second-order valence-electron chi connectivity index (χ2n) is 7.26. The number of phenols is 1. The molecule has 0 atom stereocenters. The van der Waals surface area contributed by atoms with Gasteiger partial charge in [0.25, 0.3) is 11.8 Å². The molecule has 2 heterocycles. The van der Waals surface area contributed by atoms with Crippen molar-refractivity contribution in [3.8, 4) is 16.9 Å². The maximum atomic E-state index is 12.9. The van der Waals surface area contributed by atoms with E-state index in [4.69, 9.17) is 11.6 Å². The predicted octanol–water partition coefficient (Wildman–Crippen LogP) is 5.28. The van der Waals surface area contributed by atoms with Gasteiger partial charge in [0.05, 0.1) is 16.6 Å². The fourth-order valence-corrected chi connectivity index (χ4v) is 4.53. The molecule has 4 aromatic rings. The van der Waals surface area contributed by atoms with Gasteiger partial charge < -0.3 is 9.67 Å². The molecule has 5 rings (SSSR count). The lowest BCUT2D eigenvalue weighted by Crippen LogP contribution is -2.20. The molecule has 0 saturated heterocycles. The highest BCUT2D eigenvalue weighted by atomic mass is 35.5. The van der Waals surface area contributed by atoms with Crippen LogP contribution >= 0.6 is 11.6 Å². The van der Waals surface area contributed by atoms with Gasteiger partial charge in [-0.25, -0.2) is 0 Å². The quantitative estimate of drug-likeness (QED) is 0.351. The van der Waals surface area contributed by atoms with E-state index in [0.717, 1.165) is 22.8 Å². The number of aromatic hydroxyl groups is 1. The number of carbonyl (C=O) groups excluding carboxylic acids is 2. The zero-order valence-electron chi connectivity index (χ0n) is 15.9. The summed E-state index contributed by atoms with van der Waals surface area (Å²) in [6.45, 7) is 4.45. The Morgan fingerprint density at radius 3 is 2.53 bits per heavy atom. The second-order valence-corrected chi connectivity index (χ2v) is 7.67. The average molecular weight is 417 g/mol. The summed E-state index contributed by atoms with van der Waals surface area (Å²) in [7, 11) is 0. The molecular formula is C24H17ClN2O3. The minimum absolute atomic E-state index is 0.0962. The first kappa shape index (κ1) is 18.5. The van der Waals surface area contributed by atoms with Crippen molar-refractivity contribution in [1.29, 1.82) is 0 Å².